The zero-order valence-electron chi connectivity index (χ0n) is 13.6. The van der Waals surface area contributed by atoms with Gasteiger partial charge in [-0.1, -0.05) is 0 Å². The fraction of sp³-hybridized carbons (Fsp3) is 0.375. The molecule has 2 aromatic rings. The van der Waals surface area contributed by atoms with Gasteiger partial charge in [0.25, 0.3) is 5.91 Å². The van der Waals surface area contributed by atoms with Crippen LogP contribution < -0.4 is 21.5 Å². The Labute approximate surface area is 140 Å². The summed E-state index contributed by atoms with van der Waals surface area (Å²) < 4.78 is 0. The van der Waals surface area contributed by atoms with Crippen molar-refractivity contribution >= 4 is 23.2 Å². The SMILES string of the molecule is CC1CCCCN1c1ncnc(NNC(=O)c2cccnc2)c1N. The number of nitrogens with one attached hydrogen (secondary N) is 2. The predicted molar refractivity (Wildman–Crippen MR) is 92.4 cm³/mol. The van der Waals surface area contributed by atoms with Crippen molar-refractivity contribution in [1.29, 1.82) is 0 Å². The first kappa shape index (κ1) is 16.0. The second-order valence-electron chi connectivity index (χ2n) is 5.82. The standard InChI is InChI=1S/C16H21N7O/c1-11-5-2-3-8-23(11)15-13(17)14(19-10-20-15)21-22-16(24)12-6-4-7-18-9-12/h4,6-7,9-11H,2-3,5,8,17H2,1H3,(H,22,24)(H,19,20,21). The van der Waals surface area contributed by atoms with Crippen LogP contribution in [0, 0.1) is 0 Å². The lowest BCUT2D eigenvalue weighted by molar-refractivity contribution is 0.0962. The third-order valence-corrected chi connectivity index (χ3v) is 4.16. The van der Waals surface area contributed by atoms with Crippen LogP contribution in [0.15, 0.2) is 30.9 Å². The molecule has 1 aliphatic rings. The van der Waals surface area contributed by atoms with Gasteiger partial charge < -0.3 is 10.6 Å². The highest BCUT2D eigenvalue weighted by atomic mass is 16.2. The van der Waals surface area contributed by atoms with E-state index in [0.717, 1.165) is 19.4 Å². The summed E-state index contributed by atoms with van der Waals surface area (Å²) in [6, 6.07) is 3.76. The molecule has 1 saturated heterocycles. The van der Waals surface area contributed by atoms with Gasteiger partial charge in [0.2, 0.25) is 0 Å². The molecule has 1 fully saturated rings. The van der Waals surface area contributed by atoms with Crippen molar-refractivity contribution in [3.63, 3.8) is 0 Å². The lowest BCUT2D eigenvalue weighted by Crippen LogP contribution is -2.39. The molecule has 1 unspecified atom stereocenters. The Kier molecular flexibility index (Phi) is 4.74. The van der Waals surface area contributed by atoms with Crippen LogP contribution in [0.1, 0.15) is 36.5 Å². The first-order chi connectivity index (χ1) is 11.7. The monoisotopic (exact) mass is 327 g/mol. The van der Waals surface area contributed by atoms with Crippen molar-refractivity contribution in [2.75, 3.05) is 22.6 Å². The third-order valence-electron chi connectivity index (χ3n) is 4.16. The van der Waals surface area contributed by atoms with E-state index in [0.29, 0.717) is 28.9 Å². The minimum absolute atomic E-state index is 0.311. The summed E-state index contributed by atoms with van der Waals surface area (Å²) in [6.45, 7) is 3.09. The molecule has 0 spiro atoms. The highest BCUT2D eigenvalue weighted by molar-refractivity contribution is 5.94. The number of amides is 1. The number of pyridine rings is 1. The number of anilines is 3. The average Bonchev–Trinajstić information content (AvgIpc) is 2.62. The maximum atomic E-state index is 12.1. The van der Waals surface area contributed by atoms with E-state index in [1.54, 1.807) is 18.3 Å². The van der Waals surface area contributed by atoms with Crippen LogP contribution in [0.5, 0.6) is 0 Å². The second kappa shape index (κ2) is 7.12. The van der Waals surface area contributed by atoms with E-state index < -0.39 is 0 Å². The summed E-state index contributed by atoms with van der Waals surface area (Å²) in [7, 11) is 0. The van der Waals surface area contributed by atoms with Crippen LogP contribution >= 0.6 is 0 Å². The van der Waals surface area contributed by atoms with E-state index in [-0.39, 0.29) is 5.91 Å². The Hall–Kier alpha value is -2.90. The smallest absolute Gasteiger partial charge is 0.271 e. The predicted octanol–water partition coefficient (Wildman–Crippen LogP) is 1.59. The zero-order chi connectivity index (χ0) is 16.9. The Bertz CT molecular complexity index is 707. The summed E-state index contributed by atoms with van der Waals surface area (Å²) in [4.78, 5) is 26.6. The maximum Gasteiger partial charge on any atom is 0.271 e. The van der Waals surface area contributed by atoms with E-state index in [2.05, 4.69) is 37.6 Å². The number of hydrogen-bond donors (Lipinski definition) is 3. The van der Waals surface area contributed by atoms with Crippen LogP contribution in [-0.4, -0.2) is 33.4 Å². The van der Waals surface area contributed by atoms with Gasteiger partial charge in [0.15, 0.2) is 11.6 Å². The molecule has 24 heavy (non-hydrogen) atoms. The van der Waals surface area contributed by atoms with Crippen molar-refractivity contribution < 1.29 is 4.79 Å². The minimum Gasteiger partial charge on any atom is -0.393 e. The summed E-state index contributed by atoms with van der Waals surface area (Å²) in [5, 5.41) is 0. The Morgan fingerprint density at radius 2 is 2.25 bits per heavy atom. The van der Waals surface area contributed by atoms with Gasteiger partial charge >= 0.3 is 0 Å². The highest BCUT2D eigenvalue weighted by Crippen LogP contribution is 2.30. The number of nitrogens with zero attached hydrogens (tertiary/aromatic N) is 4. The van der Waals surface area contributed by atoms with E-state index in [1.165, 1.54) is 18.9 Å². The summed E-state index contributed by atoms with van der Waals surface area (Å²) in [5.41, 5.74) is 12.4. The summed E-state index contributed by atoms with van der Waals surface area (Å²) >= 11 is 0. The molecule has 0 aromatic carbocycles. The fourth-order valence-corrected chi connectivity index (χ4v) is 2.81. The van der Waals surface area contributed by atoms with E-state index in [4.69, 9.17) is 5.73 Å². The molecule has 2 aromatic heterocycles. The third kappa shape index (κ3) is 3.37. The summed E-state index contributed by atoms with van der Waals surface area (Å²) in [6.07, 6.45) is 8.00. The molecule has 0 bridgehead atoms. The molecule has 4 N–H and O–H groups in total. The van der Waals surface area contributed by atoms with Gasteiger partial charge in [0.1, 0.15) is 12.0 Å². The Morgan fingerprint density at radius 3 is 3.00 bits per heavy atom. The molecule has 3 heterocycles. The quantitative estimate of drug-likeness (QED) is 0.732. The number of carbonyl (C=O) groups excluding carboxylic acids is 1. The first-order valence-electron chi connectivity index (χ1n) is 8.00. The Morgan fingerprint density at radius 1 is 1.38 bits per heavy atom. The molecular weight excluding hydrogens is 306 g/mol. The number of aromatic nitrogens is 3. The van der Waals surface area contributed by atoms with E-state index in [9.17, 15) is 4.79 Å². The largest absolute Gasteiger partial charge is 0.393 e. The molecule has 3 rings (SSSR count). The topological polar surface area (TPSA) is 109 Å². The molecule has 1 aliphatic heterocycles. The number of hydrazine groups is 1. The number of piperidine rings is 1. The van der Waals surface area contributed by atoms with Crippen LogP contribution in [-0.2, 0) is 0 Å². The van der Waals surface area contributed by atoms with Crippen LogP contribution in [0.3, 0.4) is 0 Å². The van der Waals surface area contributed by atoms with Gasteiger partial charge in [-0.15, -0.1) is 0 Å². The number of carbonyl (C=O) groups is 1. The van der Waals surface area contributed by atoms with Crippen molar-refractivity contribution in [2.24, 2.45) is 0 Å². The van der Waals surface area contributed by atoms with Crippen LogP contribution in [0.25, 0.3) is 0 Å². The van der Waals surface area contributed by atoms with Gasteiger partial charge in [0.05, 0.1) is 5.56 Å². The lowest BCUT2D eigenvalue weighted by atomic mass is 10.0. The van der Waals surface area contributed by atoms with E-state index in [1.807, 2.05) is 0 Å². The maximum absolute atomic E-state index is 12.1. The minimum atomic E-state index is -0.311. The molecule has 1 amide bonds. The number of rotatable bonds is 4. The number of nitrogens with two attached hydrogens (primary N) is 1. The molecule has 8 nitrogen and oxygen atoms in total. The van der Waals surface area contributed by atoms with Gasteiger partial charge in [-0.05, 0) is 38.3 Å². The fourth-order valence-electron chi connectivity index (χ4n) is 2.81. The summed E-state index contributed by atoms with van der Waals surface area (Å²) in [5.74, 6) is 0.777. The van der Waals surface area contributed by atoms with E-state index >= 15 is 0 Å². The molecular formula is C16H21N7O. The second-order valence-corrected chi connectivity index (χ2v) is 5.82. The Balaban J connectivity index is 1.72. The normalized spacial score (nSPS) is 17.4. The number of nitrogen functional groups attached to an aromatic ring is 1. The van der Waals surface area contributed by atoms with Crippen molar-refractivity contribution in [3.05, 3.63) is 36.4 Å². The van der Waals surface area contributed by atoms with Crippen LogP contribution in [0.4, 0.5) is 17.3 Å². The van der Waals surface area contributed by atoms with Gasteiger partial charge in [-0.25, -0.2) is 9.97 Å². The van der Waals surface area contributed by atoms with Crippen molar-refractivity contribution in [1.82, 2.24) is 20.4 Å². The lowest BCUT2D eigenvalue weighted by Gasteiger charge is -2.35. The van der Waals surface area contributed by atoms with Gasteiger partial charge in [-0.2, -0.15) is 0 Å². The molecule has 126 valence electrons. The molecule has 0 radical (unpaired) electrons. The molecule has 8 heteroatoms. The zero-order valence-corrected chi connectivity index (χ0v) is 13.6. The molecule has 0 saturated carbocycles. The molecule has 0 aliphatic carbocycles. The molecule has 1 atom stereocenters. The first-order valence-corrected chi connectivity index (χ1v) is 8.00. The van der Waals surface area contributed by atoms with Crippen molar-refractivity contribution in [2.45, 2.75) is 32.2 Å². The van der Waals surface area contributed by atoms with Crippen molar-refractivity contribution in [3.8, 4) is 0 Å². The highest BCUT2D eigenvalue weighted by Gasteiger charge is 2.23. The van der Waals surface area contributed by atoms with Gasteiger partial charge in [0, 0.05) is 25.0 Å². The number of hydrogen-bond acceptors (Lipinski definition) is 7. The van der Waals surface area contributed by atoms with Crippen LogP contribution in [0.2, 0.25) is 0 Å². The van der Waals surface area contributed by atoms with Gasteiger partial charge in [-0.3, -0.25) is 20.6 Å². The average molecular weight is 327 g/mol.